The van der Waals surface area contributed by atoms with Gasteiger partial charge in [0, 0.05) is 19.7 Å². The number of carbonyl (C=O) groups excluding carboxylic acids is 1. The van der Waals surface area contributed by atoms with Gasteiger partial charge in [-0.25, -0.2) is 8.78 Å². The lowest BCUT2D eigenvalue weighted by Crippen LogP contribution is -2.41. The number of amides is 1. The van der Waals surface area contributed by atoms with Gasteiger partial charge in [-0.3, -0.25) is 4.79 Å². The van der Waals surface area contributed by atoms with Crippen LogP contribution in [0, 0.1) is 11.6 Å². The lowest BCUT2D eigenvalue weighted by molar-refractivity contribution is 0.00832. The second-order valence-electron chi connectivity index (χ2n) is 5.13. The Kier molecular flexibility index (Phi) is 7.72. The molecule has 22 heavy (non-hydrogen) atoms. The molecule has 0 saturated carbocycles. The van der Waals surface area contributed by atoms with E-state index >= 15 is 0 Å². The number of hydrogen-bond donors (Lipinski definition) is 1. The Labute approximate surface area is 135 Å². The molecule has 0 bridgehead atoms. The molecule has 1 heterocycles. The van der Waals surface area contributed by atoms with Crippen LogP contribution < -0.4 is 5.73 Å². The molecule has 0 aliphatic carbocycles. The minimum absolute atomic E-state index is 0. The van der Waals surface area contributed by atoms with E-state index in [4.69, 9.17) is 10.5 Å². The standard InChI is InChI=1S/C15H20F2N2O2.ClH/c16-11-2-3-14(17)13(10-11)15(20)19-7-4-12(5-8-19)21-9-1-6-18;/h2-3,10,12H,1,4-9,18H2;1H. The predicted octanol–water partition coefficient (Wildman–Crippen LogP) is 2.36. The van der Waals surface area contributed by atoms with Gasteiger partial charge in [-0.05, 0) is 44.0 Å². The van der Waals surface area contributed by atoms with E-state index in [1.54, 1.807) is 4.90 Å². The number of benzene rings is 1. The van der Waals surface area contributed by atoms with Gasteiger partial charge in [0.25, 0.3) is 5.91 Å². The van der Waals surface area contributed by atoms with Crippen LogP contribution >= 0.6 is 12.4 Å². The largest absolute Gasteiger partial charge is 0.378 e. The molecule has 1 amide bonds. The number of piperidine rings is 1. The molecule has 2 N–H and O–H groups in total. The number of halogens is 3. The third kappa shape index (κ3) is 4.90. The Hall–Kier alpha value is -1.24. The summed E-state index contributed by atoms with van der Waals surface area (Å²) in [5.74, 6) is -1.77. The maximum Gasteiger partial charge on any atom is 0.256 e. The van der Waals surface area contributed by atoms with Crippen molar-refractivity contribution in [2.45, 2.75) is 25.4 Å². The monoisotopic (exact) mass is 334 g/mol. The van der Waals surface area contributed by atoms with Crippen LogP contribution in [0.5, 0.6) is 0 Å². The Bertz CT molecular complexity index is 494. The number of carbonyl (C=O) groups is 1. The highest BCUT2D eigenvalue weighted by atomic mass is 35.5. The highest BCUT2D eigenvalue weighted by Gasteiger charge is 2.25. The minimum Gasteiger partial charge on any atom is -0.378 e. The summed E-state index contributed by atoms with van der Waals surface area (Å²) >= 11 is 0. The molecule has 1 aliphatic rings. The molecule has 2 rings (SSSR count). The van der Waals surface area contributed by atoms with Crippen molar-refractivity contribution in [3.05, 3.63) is 35.4 Å². The van der Waals surface area contributed by atoms with Crippen LogP contribution in [0.25, 0.3) is 0 Å². The number of rotatable bonds is 5. The lowest BCUT2D eigenvalue weighted by Gasteiger charge is -2.32. The van der Waals surface area contributed by atoms with Gasteiger partial charge in [-0.15, -0.1) is 12.4 Å². The highest BCUT2D eigenvalue weighted by Crippen LogP contribution is 2.18. The summed E-state index contributed by atoms with van der Waals surface area (Å²) in [4.78, 5) is 13.7. The quantitative estimate of drug-likeness (QED) is 0.841. The average molecular weight is 335 g/mol. The van der Waals surface area contributed by atoms with Crippen LogP contribution in [-0.2, 0) is 4.74 Å². The summed E-state index contributed by atoms with van der Waals surface area (Å²) in [5.41, 5.74) is 5.19. The highest BCUT2D eigenvalue weighted by molar-refractivity contribution is 5.94. The summed E-state index contributed by atoms with van der Waals surface area (Å²) < 4.78 is 32.4. The van der Waals surface area contributed by atoms with Crippen LogP contribution in [-0.4, -0.2) is 43.2 Å². The molecular weight excluding hydrogens is 314 g/mol. The lowest BCUT2D eigenvalue weighted by atomic mass is 10.1. The molecule has 1 saturated heterocycles. The molecule has 124 valence electrons. The average Bonchev–Trinajstić information content (AvgIpc) is 2.50. The molecule has 0 aromatic heterocycles. The summed E-state index contributed by atoms with van der Waals surface area (Å²) in [7, 11) is 0. The fourth-order valence-corrected chi connectivity index (χ4v) is 2.39. The predicted molar refractivity (Wildman–Crippen MR) is 82.2 cm³/mol. The fraction of sp³-hybridized carbons (Fsp3) is 0.533. The molecule has 1 aromatic carbocycles. The molecule has 1 fully saturated rings. The number of likely N-dealkylation sites (tertiary alicyclic amines) is 1. The molecular formula is C15H21ClF2N2O2. The summed E-state index contributed by atoms with van der Waals surface area (Å²) in [5, 5.41) is 0. The third-order valence-electron chi connectivity index (χ3n) is 3.59. The van der Waals surface area contributed by atoms with E-state index in [0.29, 0.717) is 39.1 Å². The fourth-order valence-electron chi connectivity index (χ4n) is 2.39. The minimum atomic E-state index is -0.692. The molecule has 7 heteroatoms. The number of ether oxygens (including phenoxy) is 1. The second-order valence-corrected chi connectivity index (χ2v) is 5.13. The van der Waals surface area contributed by atoms with Gasteiger partial charge in [0.2, 0.25) is 0 Å². The second kappa shape index (κ2) is 9.02. The van der Waals surface area contributed by atoms with Gasteiger partial charge in [0.05, 0.1) is 11.7 Å². The van der Waals surface area contributed by atoms with Crippen molar-refractivity contribution in [1.82, 2.24) is 4.90 Å². The first-order valence-electron chi connectivity index (χ1n) is 7.18. The van der Waals surface area contributed by atoms with Crippen LogP contribution in [0.2, 0.25) is 0 Å². The molecule has 1 aliphatic heterocycles. The van der Waals surface area contributed by atoms with E-state index in [0.717, 1.165) is 24.6 Å². The molecule has 0 atom stereocenters. The van der Waals surface area contributed by atoms with E-state index in [-0.39, 0.29) is 24.1 Å². The van der Waals surface area contributed by atoms with Gasteiger partial charge >= 0.3 is 0 Å². The Morgan fingerprint density at radius 1 is 1.32 bits per heavy atom. The number of nitrogens with zero attached hydrogens (tertiary/aromatic N) is 1. The van der Waals surface area contributed by atoms with Crippen molar-refractivity contribution in [3.8, 4) is 0 Å². The van der Waals surface area contributed by atoms with Gasteiger partial charge in [-0.1, -0.05) is 0 Å². The molecule has 1 aromatic rings. The van der Waals surface area contributed by atoms with E-state index in [1.165, 1.54) is 0 Å². The van der Waals surface area contributed by atoms with Crippen LogP contribution in [0.4, 0.5) is 8.78 Å². The first kappa shape index (κ1) is 18.8. The van der Waals surface area contributed by atoms with E-state index in [1.807, 2.05) is 0 Å². The molecule has 0 spiro atoms. The topological polar surface area (TPSA) is 55.6 Å². The van der Waals surface area contributed by atoms with Gasteiger partial charge in [-0.2, -0.15) is 0 Å². The van der Waals surface area contributed by atoms with Crippen molar-refractivity contribution in [2.24, 2.45) is 5.73 Å². The van der Waals surface area contributed by atoms with Crippen molar-refractivity contribution in [2.75, 3.05) is 26.2 Å². The van der Waals surface area contributed by atoms with Crippen LogP contribution in [0.15, 0.2) is 18.2 Å². The van der Waals surface area contributed by atoms with Crippen molar-refractivity contribution < 1.29 is 18.3 Å². The van der Waals surface area contributed by atoms with Crippen molar-refractivity contribution >= 4 is 18.3 Å². The van der Waals surface area contributed by atoms with E-state index < -0.39 is 17.5 Å². The maximum atomic E-state index is 13.6. The van der Waals surface area contributed by atoms with Crippen molar-refractivity contribution in [1.29, 1.82) is 0 Å². The van der Waals surface area contributed by atoms with Gasteiger partial charge in [0.1, 0.15) is 11.6 Å². The Balaban J connectivity index is 0.00000242. The SMILES string of the molecule is Cl.NCCCOC1CCN(C(=O)c2cc(F)ccc2F)CC1. The molecule has 0 radical (unpaired) electrons. The first-order valence-corrected chi connectivity index (χ1v) is 7.18. The zero-order valence-electron chi connectivity index (χ0n) is 12.3. The zero-order chi connectivity index (χ0) is 15.2. The number of hydrogen-bond acceptors (Lipinski definition) is 3. The van der Waals surface area contributed by atoms with Crippen LogP contribution in [0.3, 0.4) is 0 Å². The van der Waals surface area contributed by atoms with E-state index in [2.05, 4.69) is 0 Å². The maximum absolute atomic E-state index is 13.6. The third-order valence-corrected chi connectivity index (χ3v) is 3.59. The molecule has 0 unspecified atom stereocenters. The zero-order valence-corrected chi connectivity index (χ0v) is 13.1. The van der Waals surface area contributed by atoms with Gasteiger partial charge < -0.3 is 15.4 Å². The van der Waals surface area contributed by atoms with Gasteiger partial charge in [0.15, 0.2) is 0 Å². The summed E-state index contributed by atoms with van der Waals surface area (Å²) in [6.07, 6.45) is 2.33. The summed E-state index contributed by atoms with van der Waals surface area (Å²) in [6, 6.07) is 2.93. The number of nitrogens with two attached hydrogens (primary N) is 1. The molecule has 4 nitrogen and oxygen atoms in total. The Morgan fingerprint density at radius 2 is 2.00 bits per heavy atom. The first-order chi connectivity index (χ1) is 10.1. The Morgan fingerprint density at radius 3 is 2.64 bits per heavy atom. The van der Waals surface area contributed by atoms with E-state index in [9.17, 15) is 13.6 Å². The van der Waals surface area contributed by atoms with Crippen LogP contribution in [0.1, 0.15) is 29.6 Å². The normalized spacial score (nSPS) is 15.5. The van der Waals surface area contributed by atoms with Crippen molar-refractivity contribution in [3.63, 3.8) is 0 Å². The smallest absolute Gasteiger partial charge is 0.256 e. The summed E-state index contributed by atoms with van der Waals surface area (Å²) in [6.45, 7) is 2.19.